The van der Waals surface area contributed by atoms with E-state index in [4.69, 9.17) is 4.74 Å². The van der Waals surface area contributed by atoms with Crippen LogP contribution in [-0.4, -0.2) is 37.6 Å². The van der Waals surface area contributed by atoms with Crippen LogP contribution in [0, 0.1) is 5.92 Å². The largest absolute Gasteiger partial charge is 0.493 e. The first kappa shape index (κ1) is 25.8. The lowest BCUT2D eigenvalue weighted by atomic mass is 9.99. The molecule has 1 aliphatic heterocycles. The third kappa shape index (κ3) is 7.59. The van der Waals surface area contributed by atoms with Gasteiger partial charge in [-0.2, -0.15) is 0 Å². The summed E-state index contributed by atoms with van der Waals surface area (Å²) in [7, 11) is 0. The Labute approximate surface area is 203 Å². The average molecular weight is 466 g/mol. The van der Waals surface area contributed by atoms with Crippen molar-refractivity contribution >= 4 is 11.8 Å². The van der Waals surface area contributed by atoms with Crippen molar-refractivity contribution in [2.24, 2.45) is 5.92 Å². The van der Waals surface area contributed by atoms with E-state index in [-0.39, 0.29) is 29.8 Å². The van der Waals surface area contributed by atoms with Gasteiger partial charge in [0, 0.05) is 6.54 Å². The van der Waals surface area contributed by atoms with E-state index in [1.165, 1.54) is 0 Å². The summed E-state index contributed by atoms with van der Waals surface area (Å²) < 4.78 is 5.93. The van der Waals surface area contributed by atoms with Crippen molar-refractivity contribution in [3.05, 3.63) is 65.7 Å². The molecule has 0 aliphatic carbocycles. The first-order valence-electron chi connectivity index (χ1n) is 12.6. The number of carbonyl (C=O) groups excluding carboxylic acids is 2. The molecule has 6 nitrogen and oxygen atoms in total. The Morgan fingerprint density at radius 1 is 1.06 bits per heavy atom. The molecule has 0 aromatic heterocycles. The van der Waals surface area contributed by atoms with Gasteiger partial charge in [-0.3, -0.25) is 9.59 Å². The highest BCUT2D eigenvalue weighted by molar-refractivity contribution is 5.84. The molecular weight excluding hydrogens is 426 g/mol. The second kappa shape index (κ2) is 13.1. The Balaban J connectivity index is 1.67. The number of nitrogens with one attached hydrogen (secondary N) is 3. The van der Waals surface area contributed by atoms with Crippen molar-refractivity contribution in [3.63, 3.8) is 0 Å². The molecule has 0 saturated carbocycles. The molecule has 0 spiro atoms. The van der Waals surface area contributed by atoms with E-state index in [1.54, 1.807) is 0 Å². The third-order valence-corrected chi connectivity index (χ3v) is 6.47. The van der Waals surface area contributed by atoms with Crippen LogP contribution in [0.4, 0.5) is 0 Å². The summed E-state index contributed by atoms with van der Waals surface area (Å²) >= 11 is 0. The van der Waals surface area contributed by atoms with Gasteiger partial charge >= 0.3 is 0 Å². The minimum atomic E-state index is -0.336. The molecule has 1 heterocycles. The summed E-state index contributed by atoms with van der Waals surface area (Å²) in [6, 6.07) is 17.1. The summed E-state index contributed by atoms with van der Waals surface area (Å²) in [6.07, 6.45) is 4.14. The van der Waals surface area contributed by atoms with Crippen LogP contribution < -0.4 is 20.7 Å². The minimum Gasteiger partial charge on any atom is -0.493 e. The second-order valence-electron chi connectivity index (χ2n) is 9.36. The fraction of sp³-hybridized carbons (Fsp3) is 0.500. The predicted molar refractivity (Wildman–Crippen MR) is 136 cm³/mol. The number of ether oxygens (including phenoxy) is 1. The number of benzene rings is 2. The lowest BCUT2D eigenvalue weighted by molar-refractivity contribution is -0.125. The monoisotopic (exact) mass is 465 g/mol. The van der Waals surface area contributed by atoms with E-state index in [1.807, 2.05) is 61.5 Å². The van der Waals surface area contributed by atoms with Gasteiger partial charge in [-0.1, -0.05) is 62.7 Å². The first-order valence-corrected chi connectivity index (χ1v) is 12.6. The molecule has 2 unspecified atom stereocenters. The molecule has 1 saturated heterocycles. The molecule has 3 rings (SSSR count). The van der Waals surface area contributed by atoms with E-state index >= 15 is 0 Å². The first-order chi connectivity index (χ1) is 16.5. The molecule has 0 bridgehead atoms. The molecule has 2 aromatic carbocycles. The minimum absolute atomic E-state index is 0.0160. The normalized spacial score (nSPS) is 18.0. The highest BCUT2D eigenvalue weighted by atomic mass is 16.5. The summed E-state index contributed by atoms with van der Waals surface area (Å²) in [4.78, 5) is 25.6. The summed E-state index contributed by atoms with van der Waals surface area (Å²) in [5.41, 5.74) is 1.89. The third-order valence-electron chi connectivity index (χ3n) is 6.47. The van der Waals surface area contributed by atoms with Crippen molar-refractivity contribution in [2.45, 2.75) is 64.5 Å². The van der Waals surface area contributed by atoms with Gasteiger partial charge in [-0.25, -0.2) is 0 Å². The lowest BCUT2D eigenvalue weighted by Gasteiger charge is -2.23. The van der Waals surface area contributed by atoms with Crippen molar-refractivity contribution < 1.29 is 14.3 Å². The summed E-state index contributed by atoms with van der Waals surface area (Å²) in [5.74, 6) is 0.943. The van der Waals surface area contributed by atoms with Gasteiger partial charge in [0.25, 0.3) is 0 Å². The summed E-state index contributed by atoms with van der Waals surface area (Å²) in [5, 5.41) is 9.40. The molecule has 6 heteroatoms. The number of amides is 2. The number of carbonyl (C=O) groups is 2. The Morgan fingerprint density at radius 3 is 2.44 bits per heavy atom. The zero-order valence-corrected chi connectivity index (χ0v) is 20.7. The lowest BCUT2D eigenvalue weighted by Crippen LogP contribution is -2.45. The highest BCUT2D eigenvalue weighted by Crippen LogP contribution is 2.21. The van der Waals surface area contributed by atoms with Gasteiger partial charge in [-0.15, -0.1) is 0 Å². The van der Waals surface area contributed by atoms with Crippen LogP contribution >= 0.6 is 0 Å². The SMILES string of the molecule is CCCC(C)COc1ccc([C@H](CNC(=O)[C@@H]2CCCN2)NC(=O)C(C)c2ccccc2)cc1. The molecule has 2 amide bonds. The second-order valence-corrected chi connectivity index (χ2v) is 9.36. The highest BCUT2D eigenvalue weighted by Gasteiger charge is 2.25. The molecule has 184 valence electrons. The molecule has 1 aliphatic rings. The fourth-order valence-corrected chi connectivity index (χ4v) is 4.29. The molecular formula is C28H39N3O3. The molecule has 4 atom stereocenters. The molecule has 2 aromatic rings. The number of hydrogen-bond donors (Lipinski definition) is 3. The maximum Gasteiger partial charge on any atom is 0.237 e. The van der Waals surface area contributed by atoms with Gasteiger partial charge in [0.15, 0.2) is 0 Å². The van der Waals surface area contributed by atoms with E-state index in [2.05, 4.69) is 29.8 Å². The maximum atomic E-state index is 13.1. The molecule has 3 N–H and O–H groups in total. The van der Waals surface area contributed by atoms with Crippen LogP contribution in [0.5, 0.6) is 5.75 Å². The van der Waals surface area contributed by atoms with Crippen molar-refractivity contribution in [1.82, 2.24) is 16.0 Å². The molecule has 1 fully saturated rings. The number of rotatable bonds is 12. The fourth-order valence-electron chi connectivity index (χ4n) is 4.29. The molecule has 0 radical (unpaired) electrons. The van der Waals surface area contributed by atoms with E-state index in [0.29, 0.717) is 19.1 Å². The van der Waals surface area contributed by atoms with Crippen LogP contribution in [-0.2, 0) is 9.59 Å². The van der Waals surface area contributed by atoms with Gasteiger partial charge in [0.2, 0.25) is 11.8 Å². The van der Waals surface area contributed by atoms with Crippen LogP contribution in [0.15, 0.2) is 54.6 Å². The van der Waals surface area contributed by atoms with Gasteiger partial charge < -0.3 is 20.7 Å². The van der Waals surface area contributed by atoms with E-state index in [0.717, 1.165) is 49.1 Å². The van der Waals surface area contributed by atoms with Crippen molar-refractivity contribution in [1.29, 1.82) is 0 Å². The Bertz CT molecular complexity index is 895. The quantitative estimate of drug-likeness (QED) is 0.436. The van der Waals surface area contributed by atoms with Crippen LogP contribution in [0.3, 0.4) is 0 Å². The topological polar surface area (TPSA) is 79.5 Å². The van der Waals surface area contributed by atoms with E-state index < -0.39 is 0 Å². The standard InChI is InChI=1S/C28H39N3O3/c1-4-9-20(2)19-34-24-15-13-23(14-16-24)26(18-30-28(33)25-12-8-17-29-25)31-27(32)21(3)22-10-6-5-7-11-22/h5-7,10-11,13-16,20-21,25-26,29H,4,8-9,12,17-19H2,1-3H3,(H,30,33)(H,31,32)/t20?,21?,25-,26-/m0/s1. The van der Waals surface area contributed by atoms with Crippen molar-refractivity contribution in [2.75, 3.05) is 19.7 Å². The molecule has 34 heavy (non-hydrogen) atoms. The Kier molecular flexibility index (Phi) is 9.95. The van der Waals surface area contributed by atoms with Crippen LogP contribution in [0.2, 0.25) is 0 Å². The predicted octanol–water partition coefficient (Wildman–Crippen LogP) is 4.33. The van der Waals surface area contributed by atoms with Crippen LogP contribution in [0.1, 0.15) is 69.5 Å². The Hall–Kier alpha value is -2.86. The maximum absolute atomic E-state index is 13.1. The zero-order valence-electron chi connectivity index (χ0n) is 20.7. The van der Waals surface area contributed by atoms with Gasteiger partial charge in [-0.05, 0) is 61.9 Å². The van der Waals surface area contributed by atoms with Crippen LogP contribution in [0.25, 0.3) is 0 Å². The smallest absolute Gasteiger partial charge is 0.237 e. The average Bonchev–Trinajstić information content (AvgIpc) is 3.41. The Morgan fingerprint density at radius 2 is 1.79 bits per heavy atom. The van der Waals surface area contributed by atoms with Gasteiger partial charge in [0.05, 0.1) is 24.6 Å². The zero-order chi connectivity index (χ0) is 24.3. The van der Waals surface area contributed by atoms with Crippen molar-refractivity contribution in [3.8, 4) is 5.75 Å². The van der Waals surface area contributed by atoms with E-state index in [9.17, 15) is 9.59 Å². The summed E-state index contributed by atoms with van der Waals surface area (Å²) in [6.45, 7) is 8.16. The number of hydrogen-bond acceptors (Lipinski definition) is 4. The van der Waals surface area contributed by atoms with Gasteiger partial charge in [0.1, 0.15) is 5.75 Å².